The lowest BCUT2D eigenvalue weighted by molar-refractivity contribution is 0.227. The molecule has 1 aliphatic rings. The average Bonchev–Trinajstić information content (AvgIpc) is 2.46. The fraction of sp³-hybridized carbons (Fsp3) is 0.625. The van der Waals surface area contributed by atoms with Crippen LogP contribution in [0.2, 0.25) is 0 Å². The van der Waals surface area contributed by atoms with Crippen molar-refractivity contribution in [1.29, 1.82) is 0 Å². The summed E-state index contributed by atoms with van der Waals surface area (Å²) in [6.45, 7) is 8.42. The first-order valence-electron chi connectivity index (χ1n) is 7.42. The van der Waals surface area contributed by atoms with E-state index in [0.717, 1.165) is 6.54 Å². The van der Waals surface area contributed by atoms with Gasteiger partial charge in [0.05, 0.1) is 0 Å². The van der Waals surface area contributed by atoms with E-state index < -0.39 is 0 Å². The molecule has 1 fully saturated rings. The molecule has 0 amide bonds. The molecular weight excluding hydrogens is 220 g/mol. The van der Waals surface area contributed by atoms with Crippen LogP contribution in [0.15, 0.2) is 30.3 Å². The molecule has 0 atom stereocenters. The first-order chi connectivity index (χ1) is 8.90. The summed E-state index contributed by atoms with van der Waals surface area (Å²) in [5.74, 6) is 0. The Morgan fingerprint density at radius 1 is 1.06 bits per heavy atom. The number of rotatable bonds is 6. The van der Waals surface area contributed by atoms with Crippen molar-refractivity contribution in [1.82, 2.24) is 4.90 Å². The standard InChI is InChI=1S/C16H26N2/c1-2-18(16-10-5-3-6-11-16)15-9-14-17-12-7-4-8-13-17/h3,5-6,10-11H,2,4,7-9,12-15H2,1H3. The number of para-hydroxylation sites is 1. The van der Waals surface area contributed by atoms with Gasteiger partial charge in [-0.05, 0) is 58.0 Å². The maximum Gasteiger partial charge on any atom is 0.0366 e. The van der Waals surface area contributed by atoms with Crippen molar-refractivity contribution in [3.63, 3.8) is 0 Å². The van der Waals surface area contributed by atoms with Gasteiger partial charge in [-0.2, -0.15) is 0 Å². The Hall–Kier alpha value is -1.02. The third-order valence-electron chi connectivity index (χ3n) is 3.85. The lowest BCUT2D eigenvalue weighted by Crippen LogP contribution is -2.33. The summed E-state index contributed by atoms with van der Waals surface area (Å²) >= 11 is 0. The molecule has 1 aliphatic heterocycles. The van der Waals surface area contributed by atoms with Crippen LogP contribution in [0.1, 0.15) is 32.6 Å². The molecule has 18 heavy (non-hydrogen) atoms. The Bertz CT molecular complexity index is 317. The van der Waals surface area contributed by atoms with Crippen LogP contribution < -0.4 is 4.90 Å². The number of hydrogen-bond acceptors (Lipinski definition) is 2. The number of anilines is 1. The topological polar surface area (TPSA) is 6.48 Å². The normalized spacial score (nSPS) is 16.7. The van der Waals surface area contributed by atoms with E-state index in [1.165, 1.54) is 57.5 Å². The third-order valence-corrected chi connectivity index (χ3v) is 3.85. The lowest BCUT2D eigenvalue weighted by atomic mass is 10.1. The molecule has 2 heteroatoms. The fourth-order valence-corrected chi connectivity index (χ4v) is 2.78. The smallest absolute Gasteiger partial charge is 0.0366 e. The van der Waals surface area contributed by atoms with Crippen molar-refractivity contribution in [3.8, 4) is 0 Å². The predicted octanol–water partition coefficient (Wildman–Crippen LogP) is 3.39. The molecular formula is C16H26N2. The van der Waals surface area contributed by atoms with Crippen molar-refractivity contribution in [3.05, 3.63) is 30.3 Å². The molecule has 0 radical (unpaired) electrons. The maximum absolute atomic E-state index is 2.63. The van der Waals surface area contributed by atoms with Gasteiger partial charge in [0.25, 0.3) is 0 Å². The van der Waals surface area contributed by atoms with E-state index in [1.807, 2.05) is 0 Å². The zero-order chi connectivity index (χ0) is 12.6. The van der Waals surface area contributed by atoms with Crippen LogP contribution >= 0.6 is 0 Å². The summed E-state index contributed by atoms with van der Waals surface area (Å²) in [5.41, 5.74) is 1.36. The summed E-state index contributed by atoms with van der Waals surface area (Å²) in [7, 11) is 0. The predicted molar refractivity (Wildman–Crippen MR) is 79.2 cm³/mol. The molecule has 100 valence electrons. The monoisotopic (exact) mass is 246 g/mol. The largest absolute Gasteiger partial charge is 0.372 e. The van der Waals surface area contributed by atoms with Crippen LogP contribution in [0.5, 0.6) is 0 Å². The van der Waals surface area contributed by atoms with Gasteiger partial charge >= 0.3 is 0 Å². The molecule has 0 N–H and O–H groups in total. The van der Waals surface area contributed by atoms with Gasteiger partial charge < -0.3 is 9.80 Å². The van der Waals surface area contributed by atoms with Crippen LogP contribution in [0.4, 0.5) is 5.69 Å². The first-order valence-corrected chi connectivity index (χ1v) is 7.42. The molecule has 0 unspecified atom stereocenters. The van der Waals surface area contributed by atoms with Gasteiger partial charge in [-0.1, -0.05) is 24.6 Å². The van der Waals surface area contributed by atoms with Gasteiger partial charge in [-0.25, -0.2) is 0 Å². The Kier molecular flexibility index (Phi) is 5.53. The molecule has 1 aromatic rings. The molecule has 1 heterocycles. The molecule has 0 aliphatic carbocycles. The number of benzene rings is 1. The number of hydrogen-bond donors (Lipinski definition) is 0. The summed E-state index contributed by atoms with van der Waals surface area (Å²) in [6, 6.07) is 10.8. The Morgan fingerprint density at radius 2 is 1.78 bits per heavy atom. The number of piperidine rings is 1. The number of nitrogens with zero attached hydrogens (tertiary/aromatic N) is 2. The highest BCUT2D eigenvalue weighted by molar-refractivity contribution is 5.45. The summed E-state index contributed by atoms with van der Waals surface area (Å²) in [6.07, 6.45) is 5.51. The minimum absolute atomic E-state index is 1.10. The molecule has 0 bridgehead atoms. The van der Waals surface area contributed by atoms with E-state index in [1.54, 1.807) is 0 Å². The minimum Gasteiger partial charge on any atom is -0.372 e. The van der Waals surface area contributed by atoms with Crippen LogP contribution in [0.25, 0.3) is 0 Å². The highest BCUT2D eigenvalue weighted by Gasteiger charge is 2.10. The summed E-state index contributed by atoms with van der Waals surface area (Å²) < 4.78 is 0. The third kappa shape index (κ3) is 4.02. The highest BCUT2D eigenvalue weighted by atomic mass is 15.1. The van der Waals surface area contributed by atoms with Gasteiger partial charge in [0, 0.05) is 18.8 Å². The Morgan fingerprint density at radius 3 is 2.44 bits per heavy atom. The second-order valence-corrected chi connectivity index (χ2v) is 5.17. The lowest BCUT2D eigenvalue weighted by Gasteiger charge is -2.28. The van der Waals surface area contributed by atoms with Crippen molar-refractivity contribution >= 4 is 5.69 Å². The number of likely N-dealkylation sites (tertiary alicyclic amines) is 1. The van der Waals surface area contributed by atoms with Crippen LogP contribution in [-0.2, 0) is 0 Å². The average molecular weight is 246 g/mol. The van der Waals surface area contributed by atoms with Gasteiger partial charge in [0.1, 0.15) is 0 Å². The maximum atomic E-state index is 2.63. The molecule has 2 nitrogen and oxygen atoms in total. The van der Waals surface area contributed by atoms with E-state index in [4.69, 9.17) is 0 Å². The SMILES string of the molecule is CCN(CCCN1CCCCC1)c1ccccc1. The molecule has 2 rings (SSSR count). The fourth-order valence-electron chi connectivity index (χ4n) is 2.78. The van der Waals surface area contributed by atoms with Crippen molar-refractivity contribution in [2.24, 2.45) is 0 Å². The van der Waals surface area contributed by atoms with E-state index in [2.05, 4.69) is 47.1 Å². The first kappa shape index (κ1) is 13.4. The van der Waals surface area contributed by atoms with E-state index in [9.17, 15) is 0 Å². The van der Waals surface area contributed by atoms with E-state index in [0.29, 0.717) is 0 Å². The highest BCUT2D eigenvalue weighted by Crippen LogP contribution is 2.14. The second-order valence-electron chi connectivity index (χ2n) is 5.17. The molecule has 0 spiro atoms. The van der Waals surface area contributed by atoms with Crippen molar-refractivity contribution in [2.45, 2.75) is 32.6 Å². The van der Waals surface area contributed by atoms with Gasteiger partial charge in [0.15, 0.2) is 0 Å². The molecule has 0 saturated carbocycles. The van der Waals surface area contributed by atoms with Gasteiger partial charge in [-0.15, -0.1) is 0 Å². The van der Waals surface area contributed by atoms with E-state index in [-0.39, 0.29) is 0 Å². The molecule has 0 aromatic heterocycles. The van der Waals surface area contributed by atoms with Crippen LogP contribution in [-0.4, -0.2) is 37.6 Å². The second kappa shape index (κ2) is 7.42. The van der Waals surface area contributed by atoms with Crippen molar-refractivity contribution < 1.29 is 0 Å². The van der Waals surface area contributed by atoms with Gasteiger partial charge in [0.2, 0.25) is 0 Å². The van der Waals surface area contributed by atoms with Crippen LogP contribution in [0, 0.1) is 0 Å². The molecule has 1 saturated heterocycles. The van der Waals surface area contributed by atoms with Crippen LogP contribution in [0.3, 0.4) is 0 Å². The van der Waals surface area contributed by atoms with E-state index >= 15 is 0 Å². The molecule has 1 aromatic carbocycles. The zero-order valence-corrected chi connectivity index (χ0v) is 11.6. The Balaban J connectivity index is 1.73. The Labute approximate surface area is 112 Å². The quantitative estimate of drug-likeness (QED) is 0.759. The van der Waals surface area contributed by atoms with Crippen molar-refractivity contribution in [2.75, 3.05) is 37.6 Å². The summed E-state index contributed by atoms with van der Waals surface area (Å²) in [4.78, 5) is 5.10. The van der Waals surface area contributed by atoms with Gasteiger partial charge in [-0.3, -0.25) is 0 Å². The summed E-state index contributed by atoms with van der Waals surface area (Å²) in [5, 5.41) is 0. The minimum atomic E-state index is 1.10. The zero-order valence-electron chi connectivity index (χ0n) is 11.6.